The fraction of sp³-hybridized carbons (Fsp3) is 0.333. The highest BCUT2D eigenvalue weighted by molar-refractivity contribution is 7.98. The van der Waals surface area contributed by atoms with Crippen LogP contribution in [-0.4, -0.2) is 74.3 Å². The summed E-state index contributed by atoms with van der Waals surface area (Å²) in [5.41, 5.74) is 6.13. The van der Waals surface area contributed by atoms with E-state index in [0.717, 1.165) is 79.6 Å². The predicted molar refractivity (Wildman–Crippen MR) is 164 cm³/mol. The Labute approximate surface area is 242 Å². The van der Waals surface area contributed by atoms with Crippen LogP contribution in [0.2, 0.25) is 0 Å². The standard InChI is InChI=1S/C30H32N8S2/c1-36-12-14-37(15-13-36)16-17-38-18-25-26(35-38)7-6-24-27-29(32-20-33-30(27)40-28(24)25)34-22-2-4-23(5-3-22)39-19-21-8-10-31-11-9-21/h2-5,8-11,18,20H,6-7,12-17,19H2,1H3,(H,32,33,34). The first kappa shape index (κ1) is 25.6. The number of nitrogens with one attached hydrogen (secondary N) is 1. The Morgan fingerprint density at radius 1 is 0.950 bits per heavy atom. The van der Waals surface area contributed by atoms with Crippen molar-refractivity contribution < 1.29 is 0 Å². The summed E-state index contributed by atoms with van der Waals surface area (Å²) in [4.78, 5) is 21.9. The van der Waals surface area contributed by atoms with Gasteiger partial charge in [-0.3, -0.25) is 14.6 Å². The highest BCUT2D eigenvalue weighted by atomic mass is 32.2. The van der Waals surface area contributed by atoms with Crippen LogP contribution in [0, 0.1) is 0 Å². The van der Waals surface area contributed by atoms with Crippen molar-refractivity contribution in [3.63, 3.8) is 0 Å². The van der Waals surface area contributed by atoms with Crippen LogP contribution in [-0.2, 0) is 25.1 Å². The molecular weight excluding hydrogens is 537 g/mol. The van der Waals surface area contributed by atoms with E-state index >= 15 is 0 Å². The van der Waals surface area contributed by atoms with Gasteiger partial charge in [0.25, 0.3) is 0 Å². The van der Waals surface area contributed by atoms with Crippen molar-refractivity contribution in [1.82, 2.24) is 34.5 Å². The minimum absolute atomic E-state index is 0.880. The number of aryl methyl sites for hydroxylation is 2. The number of likely N-dealkylation sites (N-methyl/N-ethyl adjacent to an activating group) is 1. The number of hydrogen-bond donors (Lipinski definition) is 1. The molecule has 1 aliphatic carbocycles. The van der Waals surface area contributed by atoms with Gasteiger partial charge < -0.3 is 10.2 Å². The van der Waals surface area contributed by atoms with Crippen LogP contribution in [0.5, 0.6) is 0 Å². The molecule has 40 heavy (non-hydrogen) atoms. The normalized spacial score (nSPS) is 15.7. The highest BCUT2D eigenvalue weighted by Gasteiger charge is 2.26. The Balaban J connectivity index is 1.08. The third-order valence-corrected chi connectivity index (χ3v) is 10.1. The number of nitrogens with zero attached hydrogens (tertiary/aromatic N) is 7. The minimum atomic E-state index is 0.880. The summed E-state index contributed by atoms with van der Waals surface area (Å²) in [5, 5.41) is 9.71. The van der Waals surface area contributed by atoms with Crippen molar-refractivity contribution in [2.24, 2.45) is 0 Å². The molecule has 0 radical (unpaired) electrons. The number of rotatable bonds is 8. The number of thiophene rings is 1. The molecule has 0 unspecified atom stereocenters. The Bertz CT molecular complexity index is 1600. The maximum atomic E-state index is 4.98. The van der Waals surface area contributed by atoms with E-state index in [1.165, 1.54) is 32.2 Å². The molecule has 5 aromatic rings. The van der Waals surface area contributed by atoms with Crippen molar-refractivity contribution in [2.75, 3.05) is 45.1 Å². The Morgan fingerprint density at radius 3 is 2.60 bits per heavy atom. The number of anilines is 2. The number of hydrogen-bond acceptors (Lipinski definition) is 9. The van der Waals surface area contributed by atoms with Crippen LogP contribution in [0.25, 0.3) is 20.7 Å². The molecule has 2 aliphatic rings. The van der Waals surface area contributed by atoms with E-state index in [4.69, 9.17) is 5.10 Å². The third-order valence-electron chi connectivity index (χ3n) is 7.79. The first-order valence-corrected chi connectivity index (χ1v) is 15.6. The molecule has 10 heteroatoms. The Kier molecular flexibility index (Phi) is 7.24. The minimum Gasteiger partial charge on any atom is -0.340 e. The van der Waals surface area contributed by atoms with Crippen LogP contribution in [0.1, 0.15) is 16.8 Å². The van der Waals surface area contributed by atoms with Crippen LogP contribution >= 0.6 is 23.1 Å². The summed E-state index contributed by atoms with van der Waals surface area (Å²) in [6.45, 7) is 6.55. The van der Waals surface area contributed by atoms with E-state index in [1.807, 2.05) is 24.2 Å². The van der Waals surface area contributed by atoms with Gasteiger partial charge >= 0.3 is 0 Å². The van der Waals surface area contributed by atoms with Gasteiger partial charge in [-0.15, -0.1) is 23.1 Å². The molecule has 1 aliphatic heterocycles. The average molecular weight is 569 g/mol. The molecule has 5 heterocycles. The van der Waals surface area contributed by atoms with Crippen LogP contribution < -0.4 is 5.32 Å². The van der Waals surface area contributed by atoms with E-state index in [2.05, 4.69) is 84.4 Å². The second-order valence-corrected chi connectivity index (χ2v) is 12.6. The monoisotopic (exact) mass is 568 g/mol. The first-order chi connectivity index (χ1) is 19.7. The van der Waals surface area contributed by atoms with E-state index in [1.54, 1.807) is 17.7 Å². The second-order valence-electron chi connectivity index (χ2n) is 10.5. The summed E-state index contributed by atoms with van der Waals surface area (Å²) in [6.07, 6.45) is 9.53. The lowest BCUT2D eigenvalue weighted by molar-refractivity contribution is 0.148. The second kappa shape index (κ2) is 11.3. The molecule has 4 aromatic heterocycles. The summed E-state index contributed by atoms with van der Waals surface area (Å²) < 4.78 is 2.15. The molecule has 7 rings (SSSR count). The number of piperazine rings is 1. The van der Waals surface area contributed by atoms with E-state index < -0.39 is 0 Å². The molecule has 0 saturated carbocycles. The van der Waals surface area contributed by atoms with Gasteiger partial charge in [0.1, 0.15) is 17.0 Å². The summed E-state index contributed by atoms with van der Waals surface area (Å²) in [7, 11) is 2.20. The smallest absolute Gasteiger partial charge is 0.142 e. The molecule has 204 valence electrons. The van der Waals surface area contributed by atoms with E-state index in [-0.39, 0.29) is 0 Å². The SMILES string of the molecule is CN1CCN(CCn2cc3c(n2)CCc2c-3sc3ncnc(Nc4ccc(SCc5ccncc5)cc4)c23)CC1. The highest BCUT2D eigenvalue weighted by Crippen LogP contribution is 2.45. The van der Waals surface area contributed by atoms with Crippen LogP contribution in [0.4, 0.5) is 11.5 Å². The molecule has 1 N–H and O–H groups in total. The molecule has 0 bridgehead atoms. The molecule has 1 aromatic carbocycles. The maximum absolute atomic E-state index is 4.98. The topological polar surface area (TPSA) is 75.0 Å². The van der Waals surface area contributed by atoms with Gasteiger partial charge in [0.05, 0.1) is 17.6 Å². The molecular formula is C30H32N8S2. The van der Waals surface area contributed by atoms with Gasteiger partial charge in [0.2, 0.25) is 0 Å². The predicted octanol–water partition coefficient (Wildman–Crippen LogP) is 5.33. The zero-order valence-corrected chi connectivity index (χ0v) is 24.2. The van der Waals surface area contributed by atoms with Crippen molar-refractivity contribution in [2.45, 2.75) is 30.0 Å². The molecule has 0 amide bonds. The van der Waals surface area contributed by atoms with Crippen molar-refractivity contribution in [3.05, 3.63) is 78.1 Å². The number of fused-ring (bicyclic) bond motifs is 5. The summed E-state index contributed by atoms with van der Waals surface area (Å²) in [5.74, 6) is 1.81. The molecule has 1 fully saturated rings. The largest absolute Gasteiger partial charge is 0.340 e. The lowest BCUT2D eigenvalue weighted by Crippen LogP contribution is -2.45. The third kappa shape index (κ3) is 5.36. The molecule has 0 spiro atoms. The quantitative estimate of drug-likeness (QED) is 0.252. The fourth-order valence-corrected chi connectivity index (χ4v) is 7.54. The van der Waals surface area contributed by atoms with Gasteiger partial charge in [-0.2, -0.15) is 5.10 Å². The zero-order chi connectivity index (χ0) is 26.9. The zero-order valence-electron chi connectivity index (χ0n) is 22.6. The lowest BCUT2D eigenvalue weighted by atomic mass is 9.95. The van der Waals surface area contributed by atoms with E-state index in [9.17, 15) is 0 Å². The van der Waals surface area contributed by atoms with Crippen molar-refractivity contribution >= 4 is 44.8 Å². The Hall–Kier alpha value is -3.31. The van der Waals surface area contributed by atoms with Gasteiger partial charge in [-0.05, 0) is 67.4 Å². The van der Waals surface area contributed by atoms with Crippen LogP contribution in [0.3, 0.4) is 0 Å². The number of thioether (sulfide) groups is 1. The number of aromatic nitrogens is 5. The van der Waals surface area contributed by atoms with E-state index in [0.29, 0.717) is 0 Å². The van der Waals surface area contributed by atoms with Crippen molar-refractivity contribution in [1.29, 1.82) is 0 Å². The number of pyridine rings is 1. The Morgan fingerprint density at radius 2 is 1.77 bits per heavy atom. The molecule has 1 saturated heterocycles. The molecule has 8 nitrogen and oxygen atoms in total. The van der Waals surface area contributed by atoms with Gasteiger partial charge in [-0.1, -0.05) is 0 Å². The van der Waals surface area contributed by atoms with Gasteiger partial charge in [0, 0.05) is 78.1 Å². The lowest BCUT2D eigenvalue weighted by Gasteiger charge is -2.32. The summed E-state index contributed by atoms with van der Waals surface area (Å²) in [6, 6.07) is 12.7. The van der Waals surface area contributed by atoms with Gasteiger partial charge in [-0.25, -0.2) is 9.97 Å². The van der Waals surface area contributed by atoms with Crippen LogP contribution in [0.15, 0.2) is 66.2 Å². The first-order valence-electron chi connectivity index (χ1n) is 13.8. The maximum Gasteiger partial charge on any atom is 0.142 e. The molecule has 0 atom stereocenters. The fourth-order valence-electron chi connectivity index (χ4n) is 5.47. The van der Waals surface area contributed by atoms with Gasteiger partial charge in [0.15, 0.2) is 0 Å². The summed E-state index contributed by atoms with van der Waals surface area (Å²) >= 11 is 3.59. The number of benzene rings is 1. The van der Waals surface area contributed by atoms with Crippen molar-refractivity contribution in [3.8, 4) is 10.4 Å². The average Bonchev–Trinajstić information content (AvgIpc) is 3.59.